The molecule has 0 radical (unpaired) electrons. The summed E-state index contributed by atoms with van der Waals surface area (Å²) in [5.74, 6) is -1.43. The van der Waals surface area contributed by atoms with Crippen molar-refractivity contribution < 1.29 is 28.2 Å². The summed E-state index contributed by atoms with van der Waals surface area (Å²) >= 11 is 0. The van der Waals surface area contributed by atoms with Crippen LogP contribution < -0.4 is 15.1 Å². The average Bonchev–Trinajstić information content (AvgIpc) is 2.94. The molecule has 27 heavy (non-hydrogen) atoms. The predicted octanol–water partition coefficient (Wildman–Crippen LogP) is 3.09. The fourth-order valence-corrected chi connectivity index (χ4v) is 5.39. The number of cyclic esters (lactones) is 1. The number of amides is 2. The lowest BCUT2D eigenvalue weighted by molar-refractivity contribution is 0.136. The van der Waals surface area contributed by atoms with Gasteiger partial charge in [0, 0.05) is 25.2 Å². The molecule has 1 atom stereocenters. The Bertz CT molecular complexity index is 729. The predicted molar refractivity (Wildman–Crippen MR) is 99.3 cm³/mol. The van der Waals surface area contributed by atoms with Gasteiger partial charge in [-0.3, -0.25) is 4.90 Å². The zero-order valence-electron chi connectivity index (χ0n) is 15.3. The number of carboxylic acid groups (broad SMARTS) is 1. The molecule has 2 heterocycles. The highest BCUT2D eigenvalue weighted by Crippen LogP contribution is 2.34. The molecule has 0 aromatic heterocycles. The molecule has 2 fully saturated rings. The van der Waals surface area contributed by atoms with Gasteiger partial charge in [-0.2, -0.15) is 0 Å². The Kier molecular flexibility index (Phi) is 5.27. The van der Waals surface area contributed by atoms with Crippen LogP contribution in [-0.2, 0) is 4.74 Å². The summed E-state index contributed by atoms with van der Waals surface area (Å²) in [5, 5.41) is 10.7. The van der Waals surface area contributed by atoms with Crippen molar-refractivity contribution in [1.82, 2.24) is 5.32 Å². The molecule has 0 bridgehead atoms. The number of halogens is 2. The van der Waals surface area contributed by atoms with Gasteiger partial charge in [0.15, 0.2) is 11.6 Å². The molecule has 0 saturated carbocycles. The number of nitrogens with one attached hydrogen (secondary N) is 1. The molecule has 10 heteroatoms. The molecule has 2 N–H and O–H groups in total. The molecule has 3 rings (SSSR count). The number of carbonyl (C=O) groups is 2. The molecule has 1 aromatic rings. The summed E-state index contributed by atoms with van der Waals surface area (Å²) in [4.78, 5) is 25.4. The van der Waals surface area contributed by atoms with Crippen LogP contribution in [0.1, 0.15) is 0 Å². The molecule has 1 aromatic carbocycles. The van der Waals surface area contributed by atoms with Crippen molar-refractivity contribution in [2.75, 3.05) is 36.0 Å². The molecule has 2 aliphatic rings. The number of rotatable bonds is 4. The van der Waals surface area contributed by atoms with E-state index in [2.05, 4.69) is 18.4 Å². The van der Waals surface area contributed by atoms with E-state index < -0.39 is 38.0 Å². The van der Waals surface area contributed by atoms with E-state index in [1.807, 2.05) is 0 Å². The number of ether oxygens (including phenoxy) is 1. The minimum atomic E-state index is -1.27. The quantitative estimate of drug-likeness (QED) is 0.761. The van der Waals surface area contributed by atoms with Gasteiger partial charge in [0.25, 0.3) is 0 Å². The minimum Gasteiger partial charge on any atom is -0.465 e. The first-order valence-electron chi connectivity index (χ1n) is 8.85. The fraction of sp³-hybridized carbons (Fsp3) is 0.529. The SMILES string of the molecule is C[Si]1(C)CCN(c2c(F)cc(N3C[C@H](CNC(=O)O)OC3=O)cc2F)CC1. The average molecular weight is 399 g/mol. The molecule has 148 valence electrons. The van der Waals surface area contributed by atoms with Gasteiger partial charge in [0.1, 0.15) is 11.8 Å². The Labute approximate surface area is 156 Å². The van der Waals surface area contributed by atoms with E-state index in [4.69, 9.17) is 9.84 Å². The summed E-state index contributed by atoms with van der Waals surface area (Å²) in [6.45, 7) is 5.72. The number of carbonyl (C=O) groups excluding carboxylic acids is 1. The van der Waals surface area contributed by atoms with Crippen molar-refractivity contribution in [2.24, 2.45) is 0 Å². The lowest BCUT2D eigenvalue weighted by Gasteiger charge is -2.37. The fourth-order valence-electron chi connectivity index (χ4n) is 3.39. The van der Waals surface area contributed by atoms with Crippen molar-refractivity contribution in [3.8, 4) is 0 Å². The van der Waals surface area contributed by atoms with Gasteiger partial charge in [-0.05, 0) is 12.1 Å². The second-order valence-corrected chi connectivity index (χ2v) is 13.0. The van der Waals surface area contributed by atoms with Crippen LogP contribution in [0.5, 0.6) is 0 Å². The highest BCUT2D eigenvalue weighted by Gasteiger charge is 2.35. The summed E-state index contributed by atoms with van der Waals surface area (Å²) in [5.41, 5.74) is 0.00296. The monoisotopic (exact) mass is 399 g/mol. The molecular formula is C17H23F2N3O4Si. The third-order valence-corrected chi connectivity index (χ3v) is 8.26. The number of hydrogen-bond acceptors (Lipinski definition) is 4. The van der Waals surface area contributed by atoms with Crippen molar-refractivity contribution in [3.05, 3.63) is 23.8 Å². The molecule has 0 aliphatic carbocycles. The molecule has 2 amide bonds. The van der Waals surface area contributed by atoms with E-state index >= 15 is 0 Å². The van der Waals surface area contributed by atoms with Gasteiger partial charge in [-0.1, -0.05) is 13.1 Å². The third kappa shape index (κ3) is 4.32. The maximum absolute atomic E-state index is 14.7. The van der Waals surface area contributed by atoms with Crippen LogP contribution in [0.25, 0.3) is 0 Å². The number of benzene rings is 1. The van der Waals surface area contributed by atoms with Crippen LogP contribution >= 0.6 is 0 Å². The second kappa shape index (κ2) is 7.33. The molecular weight excluding hydrogens is 376 g/mol. The molecule has 0 unspecified atom stereocenters. The summed E-state index contributed by atoms with van der Waals surface area (Å²) < 4.78 is 34.4. The lowest BCUT2D eigenvalue weighted by atomic mass is 10.2. The van der Waals surface area contributed by atoms with Gasteiger partial charge in [-0.25, -0.2) is 18.4 Å². The Morgan fingerprint density at radius 3 is 2.44 bits per heavy atom. The minimum absolute atomic E-state index is 0.0147. The third-order valence-electron chi connectivity index (χ3n) is 5.10. The number of nitrogens with zero attached hydrogens (tertiary/aromatic N) is 2. The van der Waals surface area contributed by atoms with Crippen molar-refractivity contribution in [2.45, 2.75) is 31.3 Å². The normalized spacial score (nSPS) is 21.9. The first-order valence-corrected chi connectivity index (χ1v) is 12.3. The van der Waals surface area contributed by atoms with Crippen molar-refractivity contribution in [3.63, 3.8) is 0 Å². The zero-order valence-corrected chi connectivity index (χ0v) is 16.3. The van der Waals surface area contributed by atoms with Crippen LogP contribution in [0.15, 0.2) is 12.1 Å². The van der Waals surface area contributed by atoms with Crippen LogP contribution in [0.3, 0.4) is 0 Å². The van der Waals surface area contributed by atoms with Gasteiger partial charge in [0.2, 0.25) is 0 Å². The van der Waals surface area contributed by atoms with Gasteiger partial charge in [-0.15, -0.1) is 0 Å². The molecule has 7 nitrogen and oxygen atoms in total. The smallest absolute Gasteiger partial charge is 0.414 e. The topological polar surface area (TPSA) is 82.1 Å². The first-order chi connectivity index (χ1) is 12.7. The standard InChI is InChI=1S/C17H23F2N3O4Si/c1-27(2)5-3-21(4-6-27)15-13(18)7-11(8-14(15)19)22-10-12(26-17(22)25)9-20-16(23)24/h7-8,12,20H,3-6,9-10H2,1-2H3,(H,23,24)/t12-/m0/s1. The highest BCUT2D eigenvalue weighted by molar-refractivity contribution is 6.77. The van der Waals surface area contributed by atoms with E-state index in [0.29, 0.717) is 13.1 Å². The zero-order chi connectivity index (χ0) is 19.8. The Hall–Kier alpha value is -2.36. The largest absolute Gasteiger partial charge is 0.465 e. The summed E-state index contributed by atoms with van der Waals surface area (Å²) in [6, 6.07) is 4.21. The number of hydrogen-bond donors (Lipinski definition) is 2. The van der Waals surface area contributed by atoms with E-state index in [0.717, 1.165) is 29.1 Å². The lowest BCUT2D eigenvalue weighted by Crippen LogP contribution is -2.43. The summed E-state index contributed by atoms with van der Waals surface area (Å²) in [6.07, 6.45) is -2.71. The van der Waals surface area contributed by atoms with E-state index in [9.17, 15) is 18.4 Å². The Morgan fingerprint density at radius 2 is 1.89 bits per heavy atom. The highest BCUT2D eigenvalue weighted by atomic mass is 28.3. The van der Waals surface area contributed by atoms with Gasteiger partial charge in [0.05, 0.1) is 26.9 Å². The van der Waals surface area contributed by atoms with Crippen LogP contribution in [0.2, 0.25) is 25.2 Å². The Balaban J connectivity index is 1.75. The first kappa shape index (κ1) is 19.4. The molecule has 2 saturated heterocycles. The number of anilines is 2. The van der Waals surface area contributed by atoms with Crippen LogP contribution in [0.4, 0.5) is 29.7 Å². The Morgan fingerprint density at radius 1 is 1.30 bits per heavy atom. The summed E-state index contributed by atoms with van der Waals surface area (Å²) in [7, 11) is -1.27. The van der Waals surface area contributed by atoms with Gasteiger partial charge < -0.3 is 20.1 Å². The second-order valence-electron chi connectivity index (χ2n) is 7.71. The maximum atomic E-state index is 14.7. The van der Waals surface area contributed by atoms with E-state index in [1.54, 1.807) is 4.90 Å². The van der Waals surface area contributed by atoms with Crippen molar-refractivity contribution in [1.29, 1.82) is 0 Å². The van der Waals surface area contributed by atoms with Crippen LogP contribution in [0, 0.1) is 11.6 Å². The van der Waals surface area contributed by atoms with E-state index in [-0.39, 0.29) is 24.5 Å². The van der Waals surface area contributed by atoms with Crippen molar-refractivity contribution >= 4 is 31.6 Å². The molecule has 2 aliphatic heterocycles. The van der Waals surface area contributed by atoms with Gasteiger partial charge >= 0.3 is 12.2 Å². The molecule has 0 spiro atoms. The van der Waals surface area contributed by atoms with E-state index in [1.165, 1.54) is 0 Å². The maximum Gasteiger partial charge on any atom is 0.414 e. The van der Waals surface area contributed by atoms with Crippen LogP contribution in [-0.4, -0.2) is 57.6 Å².